The van der Waals surface area contributed by atoms with Gasteiger partial charge < -0.3 is 9.84 Å². The van der Waals surface area contributed by atoms with Crippen molar-refractivity contribution in [3.8, 4) is 5.75 Å². The van der Waals surface area contributed by atoms with Crippen LogP contribution < -0.4 is 9.64 Å². The number of aromatic nitrogens is 1. The lowest BCUT2D eigenvalue weighted by Crippen LogP contribution is -2.29. The average molecular weight is 478 g/mol. The molecule has 1 saturated heterocycles. The number of aliphatic hydroxyl groups excluding tert-OH is 1. The number of ether oxygens (including phenoxy) is 1. The van der Waals surface area contributed by atoms with Gasteiger partial charge in [-0.25, -0.2) is 13.8 Å². The van der Waals surface area contributed by atoms with Crippen LogP contribution in [0.4, 0.5) is 13.9 Å². The van der Waals surface area contributed by atoms with Gasteiger partial charge in [0.1, 0.15) is 23.1 Å². The van der Waals surface area contributed by atoms with Crippen molar-refractivity contribution in [1.82, 2.24) is 4.98 Å². The number of nitrogens with zero attached hydrogens (tertiary/aromatic N) is 2. The molecule has 2 heterocycles. The first-order valence-corrected chi connectivity index (χ1v) is 11.0. The van der Waals surface area contributed by atoms with E-state index in [2.05, 4.69) is 4.98 Å². The molecule has 0 unspecified atom stereocenters. The number of hydrogen-bond donors (Lipinski definition) is 1. The van der Waals surface area contributed by atoms with Crippen LogP contribution in [0, 0.1) is 11.6 Å². The van der Waals surface area contributed by atoms with Gasteiger partial charge in [-0.3, -0.25) is 14.5 Å². The Bertz CT molecular complexity index is 1460. The maximum Gasteiger partial charge on any atom is 0.301 e. The summed E-state index contributed by atoms with van der Waals surface area (Å²) < 4.78 is 33.0. The van der Waals surface area contributed by atoms with E-state index >= 15 is 0 Å². The smallest absolute Gasteiger partial charge is 0.301 e. The highest BCUT2D eigenvalue weighted by Crippen LogP contribution is 2.44. The normalized spacial score (nSPS) is 17.5. The first-order valence-electron chi connectivity index (χ1n) is 10.1. The van der Waals surface area contributed by atoms with E-state index in [0.717, 1.165) is 16.8 Å². The Kier molecular flexibility index (Phi) is 5.33. The number of Topliss-reactive ketones (excluding diaryl/α,β-unsaturated/α-hetero) is 1. The number of carbonyl (C=O) groups excluding carboxylic acids is 2. The van der Waals surface area contributed by atoms with E-state index in [1.807, 2.05) is 0 Å². The Morgan fingerprint density at radius 1 is 1.00 bits per heavy atom. The molecule has 0 spiro atoms. The van der Waals surface area contributed by atoms with E-state index in [9.17, 15) is 23.5 Å². The van der Waals surface area contributed by atoms with Crippen molar-refractivity contribution < 1.29 is 28.2 Å². The molecule has 5 rings (SSSR count). The van der Waals surface area contributed by atoms with Gasteiger partial charge in [0, 0.05) is 5.56 Å². The lowest BCUT2D eigenvalue weighted by molar-refractivity contribution is -0.132. The molecule has 9 heteroatoms. The molecule has 1 atom stereocenters. The van der Waals surface area contributed by atoms with E-state index in [1.165, 1.54) is 59.7 Å². The molecule has 1 fully saturated rings. The number of benzene rings is 3. The molecule has 0 radical (unpaired) electrons. The second-order valence-electron chi connectivity index (χ2n) is 7.56. The molecule has 6 nitrogen and oxygen atoms in total. The maximum atomic E-state index is 13.7. The van der Waals surface area contributed by atoms with Crippen molar-refractivity contribution in [2.75, 3.05) is 12.0 Å². The van der Waals surface area contributed by atoms with Crippen LogP contribution in [0.15, 0.2) is 72.3 Å². The van der Waals surface area contributed by atoms with Gasteiger partial charge in [-0.2, -0.15) is 0 Å². The molecule has 1 amide bonds. The third kappa shape index (κ3) is 3.60. The zero-order valence-corrected chi connectivity index (χ0v) is 18.5. The van der Waals surface area contributed by atoms with E-state index in [1.54, 1.807) is 18.2 Å². The van der Waals surface area contributed by atoms with Crippen molar-refractivity contribution in [1.29, 1.82) is 0 Å². The van der Waals surface area contributed by atoms with Crippen LogP contribution >= 0.6 is 11.3 Å². The highest BCUT2D eigenvalue weighted by atomic mass is 32.1. The topological polar surface area (TPSA) is 79.7 Å². The van der Waals surface area contributed by atoms with E-state index in [-0.39, 0.29) is 16.3 Å². The van der Waals surface area contributed by atoms with Crippen molar-refractivity contribution in [2.24, 2.45) is 0 Å². The van der Waals surface area contributed by atoms with Crippen LogP contribution in [0.3, 0.4) is 0 Å². The number of anilines is 1. The minimum Gasteiger partial charge on any atom is -0.507 e. The average Bonchev–Trinajstić information content (AvgIpc) is 3.37. The summed E-state index contributed by atoms with van der Waals surface area (Å²) in [6, 6.07) is 14.3. The Labute approximate surface area is 196 Å². The molecule has 1 aliphatic rings. The summed E-state index contributed by atoms with van der Waals surface area (Å²) in [5.41, 5.74) is 0.973. The maximum absolute atomic E-state index is 13.7. The molecule has 3 aromatic carbocycles. The third-order valence-corrected chi connectivity index (χ3v) is 6.56. The van der Waals surface area contributed by atoms with Gasteiger partial charge in [0.05, 0.1) is 28.9 Å². The van der Waals surface area contributed by atoms with Crippen molar-refractivity contribution in [3.05, 3.63) is 95.1 Å². The summed E-state index contributed by atoms with van der Waals surface area (Å²) in [5.74, 6) is -2.67. The Morgan fingerprint density at radius 2 is 1.65 bits per heavy atom. The molecule has 1 N–H and O–H groups in total. The zero-order chi connectivity index (χ0) is 24.0. The second kappa shape index (κ2) is 8.35. The lowest BCUT2D eigenvalue weighted by atomic mass is 9.95. The van der Waals surface area contributed by atoms with Crippen LogP contribution in [-0.4, -0.2) is 28.9 Å². The molecule has 170 valence electrons. The van der Waals surface area contributed by atoms with Gasteiger partial charge in [-0.1, -0.05) is 23.5 Å². The van der Waals surface area contributed by atoms with Crippen LogP contribution in [0.1, 0.15) is 17.2 Å². The molecule has 1 aromatic heterocycles. The zero-order valence-electron chi connectivity index (χ0n) is 17.7. The van der Waals surface area contributed by atoms with Gasteiger partial charge >= 0.3 is 5.91 Å². The second-order valence-corrected chi connectivity index (χ2v) is 8.57. The van der Waals surface area contributed by atoms with Crippen molar-refractivity contribution in [2.45, 2.75) is 6.04 Å². The molecule has 0 bridgehead atoms. The largest absolute Gasteiger partial charge is 0.507 e. The SMILES string of the molecule is COc1ccc2nc(N3C(=O)C(=O)/C(=C(/O)c4ccc(F)cc4)[C@@H]3c3ccc(F)cc3)sc2c1. The minimum absolute atomic E-state index is 0.167. The molecular formula is C25H16F2N2O4S. The van der Waals surface area contributed by atoms with E-state index < -0.39 is 35.1 Å². The highest BCUT2D eigenvalue weighted by molar-refractivity contribution is 7.22. The first kappa shape index (κ1) is 21.7. The van der Waals surface area contributed by atoms with Gasteiger partial charge in [0.2, 0.25) is 0 Å². The number of methoxy groups -OCH3 is 1. The molecule has 0 aliphatic carbocycles. The summed E-state index contributed by atoms with van der Waals surface area (Å²) in [7, 11) is 1.53. The van der Waals surface area contributed by atoms with Crippen LogP contribution in [0.5, 0.6) is 5.75 Å². The fourth-order valence-corrected chi connectivity index (χ4v) is 4.90. The number of halogens is 2. The van der Waals surface area contributed by atoms with Gasteiger partial charge in [0.15, 0.2) is 5.13 Å². The first-order chi connectivity index (χ1) is 16.4. The number of fused-ring (bicyclic) bond motifs is 1. The molecule has 0 saturated carbocycles. The third-order valence-electron chi connectivity index (χ3n) is 5.54. The lowest BCUT2D eigenvalue weighted by Gasteiger charge is -2.23. The quantitative estimate of drug-likeness (QED) is 0.248. The molecule has 34 heavy (non-hydrogen) atoms. The van der Waals surface area contributed by atoms with Gasteiger partial charge in [-0.15, -0.1) is 0 Å². The predicted octanol–water partition coefficient (Wildman–Crippen LogP) is 5.21. The summed E-state index contributed by atoms with van der Waals surface area (Å²) in [6.07, 6.45) is 0. The predicted molar refractivity (Wildman–Crippen MR) is 124 cm³/mol. The van der Waals surface area contributed by atoms with Crippen LogP contribution in [0.2, 0.25) is 0 Å². The fraction of sp³-hybridized carbons (Fsp3) is 0.0800. The standard InChI is InChI=1S/C25H16F2N2O4S/c1-33-17-10-11-18-19(12-17)34-25(28-18)29-21(13-2-6-15(26)7-3-13)20(23(31)24(29)32)22(30)14-4-8-16(27)9-5-14/h2-12,21,30H,1H3/b22-20+/t21-/m0/s1. The summed E-state index contributed by atoms with van der Waals surface area (Å²) in [4.78, 5) is 32.0. The fourth-order valence-electron chi connectivity index (χ4n) is 3.88. The minimum atomic E-state index is -1.06. The summed E-state index contributed by atoms with van der Waals surface area (Å²) in [6.45, 7) is 0. The monoisotopic (exact) mass is 478 g/mol. The molecule has 4 aromatic rings. The number of amides is 1. The Balaban J connectivity index is 1.71. The number of thiazole rings is 1. The van der Waals surface area contributed by atoms with E-state index in [0.29, 0.717) is 16.8 Å². The number of hydrogen-bond acceptors (Lipinski definition) is 6. The van der Waals surface area contributed by atoms with Crippen LogP contribution in [0.25, 0.3) is 16.0 Å². The Morgan fingerprint density at radius 3 is 2.29 bits per heavy atom. The number of ketones is 1. The summed E-state index contributed by atoms with van der Waals surface area (Å²) >= 11 is 1.18. The number of aliphatic hydroxyl groups is 1. The number of carbonyl (C=O) groups is 2. The Hall–Kier alpha value is -4.11. The van der Waals surface area contributed by atoms with Crippen molar-refractivity contribution in [3.63, 3.8) is 0 Å². The van der Waals surface area contributed by atoms with Gasteiger partial charge in [-0.05, 0) is 60.2 Å². The molecule has 1 aliphatic heterocycles. The summed E-state index contributed by atoms with van der Waals surface area (Å²) in [5, 5.41) is 11.2. The van der Waals surface area contributed by atoms with E-state index in [4.69, 9.17) is 4.74 Å². The van der Waals surface area contributed by atoms with Gasteiger partial charge in [0.25, 0.3) is 5.78 Å². The number of rotatable bonds is 4. The van der Waals surface area contributed by atoms with Crippen LogP contribution in [-0.2, 0) is 9.59 Å². The highest BCUT2D eigenvalue weighted by Gasteiger charge is 2.48. The molecular weight excluding hydrogens is 462 g/mol. The van der Waals surface area contributed by atoms with Crippen molar-refractivity contribution >= 4 is 44.1 Å².